The maximum atomic E-state index is 2.47. The SMILES string of the molecule is CCN(CC)Cc1ccc2c(c1)-c1ccccc1Cc1ccccc1-2. The highest BCUT2D eigenvalue weighted by molar-refractivity contribution is 5.88. The highest BCUT2D eigenvalue weighted by atomic mass is 15.1. The predicted octanol–water partition coefficient (Wildman–Crippen LogP) is 5.77. The second-order valence-electron chi connectivity index (χ2n) is 6.83. The molecular formula is C24H25N. The molecule has 0 fully saturated rings. The molecule has 1 aliphatic rings. The fraction of sp³-hybridized carbons (Fsp3) is 0.250. The second kappa shape index (κ2) is 6.85. The Hall–Kier alpha value is -2.38. The van der Waals surface area contributed by atoms with Crippen LogP contribution in [-0.4, -0.2) is 18.0 Å². The average Bonchev–Trinajstić information content (AvgIpc) is 2.80. The van der Waals surface area contributed by atoms with Crippen molar-refractivity contribution in [1.29, 1.82) is 0 Å². The molecule has 0 saturated heterocycles. The Bertz CT molecular complexity index is 890. The van der Waals surface area contributed by atoms with Crippen LogP contribution in [-0.2, 0) is 13.0 Å². The Morgan fingerprint density at radius 1 is 0.680 bits per heavy atom. The Balaban J connectivity index is 1.89. The molecule has 0 radical (unpaired) electrons. The van der Waals surface area contributed by atoms with E-state index in [1.54, 1.807) is 0 Å². The molecule has 126 valence electrons. The minimum atomic E-state index is 1.01. The van der Waals surface area contributed by atoms with Crippen LogP contribution < -0.4 is 0 Å². The minimum Gasteiger partial charge on any atom is -0.300 e. The smallest absolute Gasteiger partial charge is 0.0233 e. The number of hydrogen-bond donors (Lipinski definition) is 0. The van der Waals surface area contributed by atoms with Gasteiger partial charge in [-0.1, -0.05) is 74.5 Å². The van der Waals surface area contributed by atoms with E-state index in [2.05, 4.69) is 85.5 Å². The molecule has 3 aromatic rings. The molecule has 0 bridgehead atoms. The predicted molar refractivity (Wildman–Crippen MR) is 107 cm³/mol. The van der Waals surface area contributed by atoms with E-state index in [0.717, 1.165) is 26.1 Å². The second-order valence-corrected chi connectivity index (χ2v) is 6.83. The molecule has 0 saturated carbocycles. The van der Waals surface area contributed by atoms with Gasteiger partial charge in [-0.15, -0.1) is 0 Å². The van der Waals surface area contributed by atoms with Gasteiger partial charge in [0, 0.05) is 6.54 Å². The van der Waals surface area contributed by atoms with E-state index in [9.17, 15) is 0 Å². The third-order valence-corrected chi connectivity index (χ3v) is 5.38. The molecule has 1 heteroatoms. The molecular weight excluding hydrogens is 302 g/mol. The van der Waals surface area contributed by atoms with Crippen molar-refractivity contribution in [2.75, 3.05) is 13.1 Å². The lowest BCUT2D eigenvalue weighted by Gasteiger charge is -2.19. The first-order valence-corrected chi connectivity index (χ1v) is 9.32. The minimum absolute atomic E-state index is 1.01. The Labute approximate surface area is 150 Å². The van der Waals surface area contributed by atoms with Crippen molar-refractivity contribution in [2.24, 2.45) is 0 Å². The van der Waals surface area contributed by atoms with E-state index in [4.69, 9.17) is 0 Å². The Morgan fingerprint density at radius 2 is 1.28 bits per heavy atom. The molecule has 4 rings (SSSR count). The molecule has 0 spiro atoms. The largest absolute Gasteiger partial charge is 0.300 e. The van der Waals surface area contributed by atoms with Crippen molar-refractivity contribution in [3.05, 3.63) is 83.4 Å². The summed E-state index contributed by atoms with van der Waals surface area (Å²) in [7, 11) is 0. The van der Waals surface area contributed by atoms with Crippen LogP contribution in [0, 0.1) is 0 Å². The molecule has 0 heterocycles. The van der Waals surface area contributed by atoms with Gasteiger partial charge in [0.15, 0.2) is 0 Å². The van der Waals surface area contributed by atoms with Gasteiger partial charge in [-0.2, -0.15) is 0 Å². The highest BCUT2D eigenvalue weighted by Gasteiger charge is 2.19. The van der Waals surface area contributed by atoms with Gasteiger partial charge in [-0.3, -0.25) is 4.90 Å². The zero-order chi connectivity index (χ0) is 17.2. The summed E-state index contributed by atoms with van der Waals surface area (Å²) in [5.41, 5.74) is 9.75. The van der Waals surface area contributed by atoms with Gasteiger partial charge in [0.25, 0.3) is 0 Å². The fourth-order valence-electron chi connectivity index (χ4n) is 3.93. The molecule has 0 aliphatic heterocycles. The maximum absolute atomic E-state index is 2.47. The maximum Gasteiger partial charge on any atom is 0.0233 e. The summed E-state index contributed by atoms with van der Waals surface area (Å²) < 4.78 is 0. The van der Waals surface area contributed by atoms with Crippen molar-refractivity contribution in [1.82, 2.24) is 4.90 Å². The quantitative estimate of drug-likeness (QED) is 0.460. The topological polar surface area (TPSA) is 3.24 Å². The van der Waals surface area contributed by atoms with Crippen LogP contribution in [0.4, 0.5) is 0 Å². The van der Waals surface area contributed by atoms with Crippen LogP contribution >= 0.6 is 0 Å². The van der Waals surface area contributed by atoms with Crippen molar-refractivity contribution in [3.63, 3.8) is 0 Å². The number of fused-ring (bicyclic) bond motifs is 5. The van der Waals surface area contributed by atoms with Crippen LogP contribution in [0.15, 0.2) is 66.7 Å². The van der Waals surface area contributed by atoms with Crippen molar-refractivity contribution < 1.29 is 0 Å². The molecule has 0 aromatic heterocycles. The van der Waals surface area contributed by atoms with Crippen molar-refractivity contribution >= 4 is 0 Å². The van der Waals surface area contributed by atoms with Gasteiger partial charge < -0.3 is 0 Å². The van der Waals surface area contributed by atoms with Gasteiger partial charge in [0.1, 0.15) is 0 Å². The lowest BCUT2D eigenvalue weighted by Crippen LogP contribution is -2.22. The monoisotopic (exact) mass is 327 g/mol. The summed E-state index contributed by atoms with van der Waals surface area (Å²) in [6, 6.07) is 24.8. The van der Waals surface area contributed by atoms with E-state index < -0.39 is 0 Å². The molecule has 1 aliphatic carbocycles. The van der Waals surface area contributed by atoms with Crippen LogP contribution in [0.3, 0.4) is 0 Å². The number of rotatable bonds is 4. The number of hydrogen-bond acceptors (Lipinski definition) is 1. The number of nitrogens with zero attached hydrogens (tertiary/aromatic N) is 1. The number of benzene rings is 3. The highest BCUT2D eigenvalue weighted by Crippen LogP contribution is 2.40. The van der Waals surface area contributed by atoms with Crippen molar-refractivity contribution in [2.45, 2.75) is 26.8 Å². The van der Waals surface area contributed by atoms with Gasteiger partial charge >= 0.3 is 0 Å². The van der Waals surface area contributed by atoms with E-state index in [-0.39, 0.29) is 0 Å². The van der Waals surface area contributed by atoms with Gasteiger partial charge in [0.2, 0.25) is 0 Å². The van der Waals surface area contributed by atoms with Crippen molar-refractivity contribution in [3.8, 4) is 22.3 Å². The van der Waals surface area contributed by atoms with Crippen LogP contribution in [0.2, 0.25) is 0 Å². The summed E-state index contributed by atoms with van der Waals surface area (Å²) in [5.74, 6) is 0. The van der Waals surface area contributed by atoms with Gasteiger partial charge in [-0.25, -0.2) is 0 Å². The van der Waals surface area contributed by atoms with E-state index >= 15 is 0 Å². The summed E-state index contributed by atoms with van der Waals surface area (Å²) in [4.78, 5) is 2.47. The lowest BCUT2D eigenvalue weighted by atomic mass is 9.92. The van der Waals surface area contributed by atoms with Crippen LogP contribution in [0.1, 0.15) is 30.5 Å². The normalized spacial score (nSPS) is 12.3. The molecule has 3 aromatic carbocycles. The zero-order valence-electron chi connectivity index (χ0n) is 15.1. The summed E-state index contributed by atoms with van der Waals surface area (Å²) in [6.07, 6.45) is 1.01. The first-order valence-electron chi connectivity index (χ1n) is 9.32. The molecule has 0 amide bonds. The fourth-order valence-corrected chi connectivity index (χ4v) is 3.93. The van der Waals surface area contributed by atoms with Crippen LogP contribution in [0.5, 0.6) is 0 Å². The Kier molecular flexibility index (Phi) is 4.42. The lowest BCUT2D eigenvalue weighted by molar-refractivity contribution is 0.296. The summed E-state index contributed by atoms with van der Waals surface area (Å²) >= 11 is 0. The van der Waals surface area contributed by atoms with Gasteiger partial charge in [0.05, 0.1) is 0 Å². The molecule has 25 heavy (non-hydrogen) atoms. The zero-order valence-corrected chi connectivity index (χ0v) is 15.1. The third kappa shape index (κ3) is 3.01. The molecule has 0 N–H and O–H groups in total. The molecule has 0 atom stereocenters. The van der Waals surface area contributed by atoms with E-state index in [1.807, 2.05) is 0 Å². The standard InChI is InChI=1S/C24H25N/c1-3-25(4-2)17-18-13-14-23-21-11-7-5-9-19(21)16-20-10-6-8-12-22(20)24(23)15-18/h5-15H,3-4,16-17H2,1-2H3. The summed E-state index contributed by atoms with van der Waals surface area (Å²) in [5, 5.41) is 0. The first kappa shape index (κ1) is 16.1. The molecule has 0 unspecified atom stereocenters. The van der Waals surface area contributed by atoms with E-state index in [0.29, 0.717) is 0 Å². The van der Waals surface area contributed by atoms with Gasteiger partial charge in [-0.05, 0) is 64.5 Å². The average molecular weight is 327 g/mol. The van der Waals surface area contributed by atoms with Crippen LogP contribution in [0.25, 0.3) is 22.3 Å². The van der Waals surface area contributed by atoms with E-state index in [1.165, 1.54) is 38.9 Å². The summed E-state index contributed by atoms with van der Waals surface area (Å²) in [6.45, 7) is 7.67. The Morgan fingerprint density at radius 3 is 1.92 bits per heavy atom. The first-order chi connectivity index (χ1) is 12.3. The molecule has 1 nitrogen and oxygen atoms in total. The third-order valence-electron chi connectivity index (χ3n) is 5.38.